The third-order valence-corrected chi connectivity index (χ3v) is 4.00. The summed E-state index contributed by atoms with van der Waals surface area (Å²) < 4.78 is 0. The summed E-state index contributed by atoms with van der Waals surface area (Å²) in [4.78, 5) is 3.71. The molecule has 1 heterocycles. The van der Waals surface area contributed by atoms with Crippen molar-refractivity contribution < 1.29 is 5.11 Å². The molecule has 3 nitrogen and oxygen atoms in total. The summed E-state index contributed by atoms with van der Waals surface area (Å²) in [5, 5.41) is 11.0. The van der Waals surface area contributed by atoms with Crippen LogP contribution in [-0.4, -0.2) is 36.2 Å². The molecule has 0 saturated heterocycles. The van der Waals surface area contributed by atoms with Crippen molar-refractivity contribution in [2.45, 2.75) is 26.3 Å². The van der Waals surface area contributed by atoms with Gasteiger partial charge in [0.1, 0.15) is 0 Å². The molecular weight excluding hydrogens is 220 g/mol. The van der Waals surface area contributed by atoms with Crippen LogP contribution in [0.5, 0.6) is 0 Å². The number of thiophene rings is 1. The summed E-state index contributed by atoms with van der Waals surface area (Å²) in [6, 6.07) is 2.44. The monoisotopic (exact) mass is 242 g/mol. The Kier molecular flexibility index (Phi) is 5.98. The van der Waals surface area contributed by atoms with Crippen molar-refractivity contribution in [3.05, 3.63) is 21.9 Å². The first-order valence-corrected chi connectivity index (χ1v) is 6.71. The minimum Gasteiger partial charge on any atom is -0.396 e. The second kappa shape index (κ2) is 7.01. The number of aliphatic hydroxyl groups excluding tert-OH is 1. The normalized spacial score (nSPS) is 13.3. The molecule has 1 rings (SSSR count). The molecule has 0 aliphatic heterocycles. The van der Waals surface area contributed by atoms with Crippen molar-refractivity contribution in [2.75, 3.05) is 26.2 Å². The number of rotatable bonds is 7. The van der Waals surface area contributed by atoms with E-state index in [2.05, 4.69) is 30.2 Å². The largest absolute Gasteiger partial charge is 0.396 e. The Labute approximate surface area is 102 Å². The van der Waals surface area contributed by atoms with Gasteiger partial charge in [0.2, 0.25) is 0 Å². The Bertz CT molecular complexity index is 301. The van der Waals surface area contributed by atoms with E-state index in [1.165, 1.54) is 10.4 Å². The molecular formula is C12H22N2OS. The quantitative estimate of drug-likeness (QED) is 0.766. The fourth-order valence-electron chi connectivity index (χ4n) is 1.96. The highest BCUT2D eigenvalue weighted by molar-refractivity contribution is 7.10. The molecule has 4 heteroatoms. The summed E-state index contributed by atoms with van der Waals surface area (Å²) in [6.45, 7) is 7.04. The van der Waals surface area contributed by atoms with Crippen LogP contribution in [0.3, 0.4) is 0 Å². The van der Waals surface area contributed by atoms with E-state index in [1.807, 2.05) is 0 Å². The number of aryl methyl sites for hydroxylation is 1. The molecule has 0 spiro atoms. The predicted molar refractivity (Wildman–Crippen MR) is 69.8 cm³/mol. The molecule has 1 aromatic rings. The summed E-state index contributed by atoms with van der Waals surface area (Å²) >= 11 is 1.78. The molecule has 0 saturated carbocycles. The minimum atomic E-state index is 0.247. The van der Waals surface area contributed by atoms with Crippen molar-refractivity contribution >= 4 is 11.3 Å². The molecule has 1 aromatic heterocycles. The van der Waals surface area contributed by atoms with Gasteiger partial charge < -0.3 is 10.8 Å². The fraction of sp³-hybridized carbons (Fsp3) is 0.667. The van der Waals surface area contributed by atoms with E-state index >= 15 is 0 Å². The molecule has 1 unspecified atom stereocenters. The van der Waals surface area contributed by atoms with Crippen LogP contribution in [0.15, 0.2) is 11.4 Å². The Morgan fingerprint density at radius 1 is 1.56 bits per heavy atom. The number of likely N-dealkylation sites (N-methyl/N-ethyl adjacent to an activating group) is 1. The summed E-state index contributed by atoms with van der Waals surface area (Å²) in [5.41, 5.74) is 7.21. The number of nitrogens with zero attached hydrogens (tertiary/aromatic N) is 1. The van der Waals surface area contributed by atoms with Crippen LogP contribution in [0.4, 0.5) is 0 Å². The van der Waals surface area contributed by atoms with Gasteiger partial charge in [0.15, 0.2) is 0 Å². The van der Waals surface area contributed by atoms with Gasteiger partial charge in [-0.25, -0.2) is 0 Å². The number of aliphatic hydroxyl groups is 1. The standard InChI is InChI=1S/C12H22N2OS/c1-3-14(6-4-7-15)11(9-13)12-10(2)5-8-16-12/h5,8,11,15H,3-4,6-7,9,13H2,1-2H3. The third kappa shape index (κ3) is 3.28. The number of hydrogen-bond donors (Lipinski definition) is 2. The highest BCUT2D eigenvalue weighted by atomic mass is 32.1. The Morgan fingerprint density at radius 2 is 2.31 bits per heavy atom. The molecule has 0 aliphatic carbocycles. The van der Waals surface area contributed by atoms with Gasteiger partial charge in [-0.05, 0) is 36.9 Å². The molecule has 3 N–H and O–H groups in total. The molecule has 92 valence electrons. The van der Waals surface area contributed by atoms with Crippen molar-refractivity contribution in [3.63, 3.8) is 0 Å². The van der Waals surface area contributed by atoms with Crippen molar-refractivity contribution in [2.24, 2.45) is 5.73 Å². The second-order valence-electron chi connectivity index (χ2n) is 3.93. The van der Waals surface area contributed by atoms with Crippen LogP contribution in [0.2, 0.25) is 0 Å². The Balaban J connectivity index is 2.75. The lowest BCUT2D eigenvalue weighted by Crippen LogP contribution is -2.34. The summed E-state index contributed by atoms with van der Waals surface area (Å²) in [5.74, 6) is 0. The van der Waals surface area contributed by atoms with Crippen LogP contribution in [0.1, 0.15) is 29.8 Å². The zero-order chi connectivity index (χ0) is 12.0. The first-order chi connectivity index (χ1) is 7.74. The Hall–Kier alpha value is -0.420. The lowest BCUT2D eigenvalue weighted by atomic mass is 10.1. The van der Waals surface area contributed by atoms with E-state index in [0.29, 0.717) is 12.6 Å². The highest BCUT2D eigenvalue weighted by Crippen LogP contribution is 2.27. The fourth-order valence-corrected chi connectivity index (χ4v) is 3.03. The minimum absolute atomic E-state index is 0.247. The van der Waals surface area contributed by atoms with Crippen LogP contribution in [0, 0.1) is 6.92 Å². The van der Waals surface area contributed by atoms with Crippen LogP contribution in [-0.2, 0) is 0 Å². The van der Waals surface area contributed by atoms with E-state index in [9.17, 15) is 0 Å². The van der Waals surface area contributed by atoms with E-state index < -0.39 is 0 Å². The smallest absolute Gasteiger partial charge is 0.0566 e. The second-order valence-corrected chi connectivity index (χ2v) is 4.87. The predicted octanol–water partition coefficient (Wildman–Crippen LogP) is 1.76. The lowest BCUT2D eigenvalue weighted by Gasteiger charge is -2.29. The topological polar surface area (TPSA) is 49.5 Å². The summed E-state index contributed by atoms with van der Waals surface area (Å²) in [7, 11) is 0. The maximum absolute atomic E-state index is 8.89. The zero-order valence-electron chi connectivity index (χ0n) is 10.1. The van der Waals surface area contributed by atoms with Gasteiger partial charge in [0, 0.05) is 24.6 Å². The molecule has 0 aliphatic rings. The average Bonchev–Trinajstić information content (AvgIpc) is 2.71. The van der Waals surface area contributed by atoms with Crippen molar-refractivity contribution in [3.8, 4) is 0 Å². The molecule has 1 atom stereocenters. The number of nitrogens with two attached hydrogens (primary N) is 1. The maximum atomic E-state index is 8.89. The molecule has 0 fully saturated rings. The number of hydrogen-bond acceptors (Lipinski definition) is 4. The first-order valence-electron chi connectivity index (χ1n) is 5.83. The molecule has 0 aromatic carbocycles. The maximum Gasteiger partial charge on any atom is 0.0566 e. The zero-order valence-corrected chi connectivity index (χ0v) is 11.0. The Morgan fingerprint density at radius 3 is 2.75 bits per heavy atom. The van der Waals surface area contributed by atoms with Gasteiger partial charge in [0.25, 0.3) is 0 Å². The van der Waals surface area contributed by atoms with Gasteiger partial charge in [0.05, 0.1) is 6.04 Å². The van der Waals surface area contributed by atoms with E-state index in [4.69, 9.17) is 10.8 Å². The SMILES string of the molecule is CCN(CCCO)C(CN)c1sccc1C. The van der Waals surface area contributed by atoms with Crippen LogP contribution < -0.4 is 5.73 Å². The molecule has 16 heavy (non-hydrogen) atoms. The third-order valence-electron chi connectivity index (χ3n) is 2.88. The van der Waals surface area contributed by atoms with Gasteiger partial charge in [-0.1, -0.05) is 6.92 Å². The van der Waals surface area contributed by atoms with Crippen molar-refractivity contribution in [1.82, 2.24) is 4.90 Å². The van der Waals surface area contributed by atoms with Gasteiger partial charge in [-0.2, -0.15) is 0 Å². The van der Waals surface area contributed by atoms with Gasteiger partial charge in [-0.3, -0.25) is 4.90 Å². The summed E-state index contributed by atoms with van der Waals surface area (Å²) in [6.07, 6.45) is 0.814. The van der Waals surface area contributed by atoms with E-state index in [1.54, 1.807) is 11.3 Å². The van der Waals surface area contributed by atoms with Crippen molar-refractivity contribution in [1.29, 1.82) is 0 Å². The first kappa shape index (κ1) is 13.6. The highest BCUT2D eigenvalue weighted by Gasteiger charge is 2.19. The molecule has 0 radical (unpaired) electrons. The van der Waals surface area contributed by atoms with E-state index in [-0.39, 0.29) is 6.61 Å². The lowest BCUT2D eigenvalue weighted by molar-refractivity contribution is 0.186. The molecule has 0 amide bonds. The van der Waals surface area contributed by atoms with E-state index in [0.717, 1.165) is 19.5 Å². The molecule has 0 bridgehead atoms. The van der Waals surface area contributed by atoms with Gasteiger partial charge in [-0.15, -0.1) is 11.3 Å². The van der Waals surface area contributed by atoms with Crippen LogP contribution in [0.25, 0.3) is 0 Å². The van der Waals surface area contributed by atoms with Crippen LogP contribution >= 0.6 is 11.3 Å². The van der Waals surface area contributed by atoms with Gasteiger partial charge >= 0.3 is 0 Å². The average molecular weight is 242 g/mol.